The van der Waals surface area contributed by atoms with Crippen molar-refractivity contribution in [1.82, 2.24) is 0 Å². The van der Waals surface area contributed by atoms with Gasteiger partial charge in [0.05, 0.1) is 0 Å². The molecule has 0 amide bonds. The summed E-state index contributed by atoms with van der Waals surface area (Å²) in [4.78, 5) is 0. The molecule has 0 fully saturated rings. The second kappa shape index (κ2) is 5.51. The average Bonchev–Trinajstić information content (AvgIpc) is 2.18. The van der Waals surface area contributed by atoms with Crippen molar-refractivity contribution in [2.75, 3.05) is 5.75 Å². The van der Waals surface area contributed by atoms with Crippen molar-refractivity contribution < 1.29 is 18.9 Å². The Morgan fingerprint density at radius 1 is 0.929 bits per heavy atom. The van der Waals surface area contributed by atoms with Crippen molar-refractivity contribution in [3.05, 3.63) is 48.0 Å². The summed E-state index contributed by atoms with van der Waals surface area (Å²) in [6.45, 7) is 0. The summed E-state index contributed by atoms with van der Waals surface area (Å²) in [7, 11) is 0. The van der Waals surface area contributed by atoms with E-state index in [-0.39, 0.29) is 18.9 Å². The molecule has 2 heteroatoms. The van der Waals surface area contributed by atoms with Crippen LogP contribution in [-0.4, -0.2) is 5.75 Å². The maximum atomic E-state index is 4.96. The maximum Gasteiger partial charge on any atom is 1.00 e. The molecule has 0 unspecified atom stereocenters. The zero-order valence-electron chi connectivity index (χ0n) is 8.36. The molecule has 0 saturated heterocycles. The Kier molecular flexibility index (Phi) is 4.61. The molecule has 0 aliphatic heterocycles. The fourth-order valence-corrected chi connectivity index (χ4v) is 1.75. The first-order valence-electron chi connectivity index (χ1n) is 4.46. The second-order valence-electron chi connectivity index (χ2n) is 3.14. The predicted octanol–water partition coefficient (Wildman–Crippen LogP) is -0.0668. The monoisotopic (exact) mass is 194 g/mol. The van der Waals surface area contributed by atoms with Crippen LogP contribution >= 0.6 is 0 Å². The molecule has 0 bridgehead atoms. The molecule has 14 heavy (non-hydrogen) atoms. The molecule has 0 aliphatic rings. The fourth-order valence-electron chi connectivity index (χ4n) is 1.51. The summed E-state index contributed by atoms with van der Waals surface area (Å²) < 4.78 is 0. The smallest absolute Gasteiger partial charge is 0.792 e. The van der Waals surface area contributed by atoms with Crippen molar-refractivity contribution in [3.8, 4) is 0 Å². The minimum atomic E-state index is 0. The third kappa shape index (κ3) is 2.57. The predicted molar refractivity (Wildman–Crippen MR) is 59.9 cm³/mol. The normalized spacial score (nSPS) is 9.79. The first-order chi connectivity index (χ1) is 6.40. The van der Waals surface area contributed by atoms with Crippen LogP contribution in [-0.2, 0) is 19.0 Å². The van der Waals surface area contributed by atoms with Crippen LogP contribution in [0, 0.1) is 0 Å². The van der Waals surface area contributed by atoms with Gasteiger partial charge in [-0.25, -0.2) is 0 Å². The minimum Gasteiger partial charge on any atom is -0.792 e. The molecule has 0 radical (unpaired) electrons. The van der Waals surface area contributed by atoms with Gasteiger partial charge in [-0.15, -0.1) is 0 Å². The topological polar surface area (TPSA) is 0 Å². The third-order valence-electron chi connectivity index (χ3n) is 2.20. The van der Waals surface area contributed by atoms with Crippen LogP contribution < -0.4 is 18.9 Å². The van der Waals surface area contributed by atoms with Gasteiger partial charge in [-0.05, 0) is 22.8 Å². The SMILES string of the molecule is [Li+].[S-]CCc1ccc2ccccc2c1. The van der Waals surface area contributed by atoms with Crippen molar-refractivity contribution in [3.63, 3.8) is 0 Å². The largest absolute Gasteiger partial charge is 1.00 e. The number of fused-ring (bicyclic) bond motifs is 1. The van der Waals surface area contributed by atoms with Crippen molar-refractivity contribution in [2.24, 2.45) is 0 Å². The van der Waals surface area contributed by atoms with Gasteiger partial charge in [-0.2, -0.15) is 5.75 Å². The van der Waals surface area contributed by atoms with Gasteiger partial charge in [0.15, 0.2) is 0 Å². The Bertz CT molecular complexity index is 412. The van der Waals surface area contributed by atoms with E-state index in [1.165, 1.54) is 16.3 Å². The minimum absolute atomic E-state index is 0. The van der Waals surface area contributed by atoms with Gasteiger partial charge in [0.25, 0.3) is 0 Å². The number of hydrogen-bond acceptors (Lipinski definition) is 1. The Morgan fingerprint density at radius 3 is 2.36 bits per heavy atom. The standard InChI is InChI=1S/C12H12S.Li/c13-8-7-10-5-6-11-3-1-2-4-12(11)9-10;/h1-6,9,13H,7-8H2;/q;+1/p-1. The van der Waals surface area contributed by atoms with Crippen LogP contribution in [0.5, 0.6) is 0 Å². The van der Waals surface area contributed by atoms with Crippen molar-refractivity contribution in [2.45, 2.75) is 6.42 Å². The van der Waals surface area contributed by atoms with E-state index in [1.807, 2.05) is 0 Å². The Labute approximate surface area is 102 Å². The van der Waals surface area contributed by atoms with Crippen molar-refractivity contribution >= 4 is 23.4 Å². The number of hydrogen-bond donors (Lipinski definition) is 0. The fraction of sp³-hybridized carbons (Fsp3) is 0.167. The van der Waals surface area contributed by atoms with Gasteiger partial charge >= 0.3 is 18.9 Å². The zero-order valence-corrected chi connectivity index (χ0v) is 9.18. The Morgan fingerprint density at radius 2 is 1.64 bits per heavy atom. The molecule has 2 rings (SSSR count). The summed E-state index contributed by atoms with van der Waals surface area (Å²) in [5.41, 5.74) is 1.34. The zero-order chi connectivity index (χ0) is 9.10. The van der Waals surface area contributed by atoms with Gasteiger partial charge in [0, 0.05) is 0 Å². The molecule has 0 nitrogen and oxygen atoms in total. The summed E-state index contributed by atoms with van der Waals surface area (Å²) in [5.74, 6) is 0.804. The quantitative estimate of drug-likeness (QED) is 0.476. The van der Waals surface area contributed by atoms with E-state index in [0.29, 0.717) is 0 Å². The molecule has 66 valence electrons. The second-order valence-corrected chi connectivity index (χ2v) is 3.54. The molecule has 0 saturated carbocycles. The van der Waals surface area contributed by atoms with E-state index in [9.17, 15) is 0 Å². The summed E-state index contributed by atoms with van der Waals surface area (Å²) >= 11 is 4.96. The molecule has 0 heterocycles. The van der Waals surface area contributed by atoms with Gasteiger partial charge in [0.2, 0.25) is 0 Å². The molecule has 0 atom stereocenters. The van der Waals surface area contributed by atoms with E-state index < -0.39 is 0 Å². The molecule has 0 aromatic heterocycles. The molecular formula is C12H11LiS. The van der Waals surface area contributed by atoms with Gasteiger partial charge < -0.3 is 12.6 Å². The number of benzene rings is 2. The van der Waals surface area contributed by atoms with Crippen LogP contribution in [0.2, 0.25) is 0 Å². The summed E-state index contributed by atoms with van der Waals surface area (Å²) in [5, 5.41) is 2.61. The average molecular weight is 194 g/mol. The summed E-state index contributed by atoms with van der Waals surface area (Å²) in [6, 6.07) is 15.0. The first-order valence-corrected chi connectivity index (χ1v) is 5.03. The van der Waals surface area contributed by atoms with Crippen LogP contribution in [0.1, 0.15) is 5.56 Å². The molecule has 0 aliphatic carbocycles. The third-order valence-corrected chi connectivity index (χ3v) is 2.41. The van der Waals surface area contributed by atoms with E-state index >= 15 is 0 Å². The summed E-state index contributed by atoms with van der Waals surface area (Å²) in [6.07, 6.45) is 1.00. The molecule has 0 N–H and O–H groups in total. The van der Waals surface area contributed by atoms with Crippen LogP contribution in [0.15, 0.2) is 42.5 Å². The number of aryl methyl sites for hydroxylation is 1. The van der Waals surface area contributed by atoms with Crippen LogP contribution in [0.25, 0.3) is 10.8 Å². The Hall–Kier alpha value is -0.353. The Balaban J connectivity index is 0.000000980. The van der Waals surface area contributed by atoms with E-state index in [1.54, 1.807) is 0 Å². The van der Waals surface area contributed by atoms with Gasteiger partial charge in [-0.1, -0.05) is 42.5 Å². The van der Waals surface area contributed by atoms with E-state index in [4.69, 9.17) is 12.6 Å². The molecule has 2 aromatic rings. The van der Waals surface area contributed by atoms with Crippen LogP contribution in [0.3, 0.4) is 0 Å². The maximum absolute atomic E-state index is 4.96. The molecule has 2 aromatic carbocycles. The molecule has 0 spiro atoms. The van der Waals surface area contributed by atoms with Gasteiger partial charge in [0.1, 0.15) is 0 Å². The van der Waals surface area contributed by atoms with E-state index in [0.717, 1.165) is 12.2 Å². The molecular weight excluding hydrogens is 183 g/mol. The number of rotatable bonds is 2. The van der Waals surface area contributed by atoms with Crippen molar-refractivity contribution in [1.29, 1.82) is 0 Å². The van der Waals surface area contributed by atoms with E-state index in [2.05, 4.69) is 42.5 Å². The van der Waals surface area contributed by atoms with Crippen LogP contribution in [0.4, 0.5) is 0 Å². The first kappa shape index (κ1) is 11.7. The van der Waals surface area contributed by atoms with Gasteiger partial charge in [-0.3, -0.25) is 0 Å².